The second-order valence-corrected chi connectivity index (χ2v) is 6.44. The number of halogens is 1. The molecule has 1 aliphatic rings. The average Bonchev–Trinajstić information content (AvgIpc) is 2.73. The smallest absolute Gasteiger partial charge is 0.324 e. The molecule has 7 heteroatoms. The molecule has 0 bridgehead atoms. The number of urea groups is 1. The molecular formula is C16H21ClN2O4. The van der Waals surface area contributed by atoms with Gasteiger partial charge in [0.25, 0.3) is 5.91 Å². The van der Waals surface area contributed by atoms with Gasteiger partial charge in [0.05, 0.1) is 6.54 Å². The van der Waals surface area contributed by atoms with E-state index in [2.05, 4.69) is 5.32 Å². The predicted molar refractivity (Wildman–Crippen MR) is 86.4 cm³/mol. The fraction of sp³-hybridized carbons (Fsp3) is 0.500. The molecule has 0 unspecified atom stereocenters. The van der Waals surface area contributed by atoms with Crippen LogP contribution in [0.5, 0.6) is 5.75 Å². The lowest BCUT2D eigenvalue weighted by Crippen LogP contribution is -2.40. The van der Waals surface area contributed by atoms with E-state index in [1.165, 1.54) is 0 Å². The van der Waals surface area contributed by atoms with Crippen molar-refractivity contribution in [3.05, 3.63) is 29.3 Å². The van der Waals surface area contributed by atoms with Crippen LogP contribution < -0.4 is 10.1 Å². The number of carbonyl (C=O) groups excluding carboxylic acids is 2. The van der Waals surface area contributed by atoms with Crippen molar-refractivity contribution in [1.29, 1.82) is 0 Å². The fourth-order valence-corrected chi connectivity index (χ4v) is 2.49. The highest BCUT2D eigenvalue weighted by molar-refractivity contribution is 6.30. The third-order valence-electron chi connectivity index (χ3n) is 3.46. The highest BCUT2D eigenvalue weighted by atomic mass is 35.5. The molecule has 1 saturated heterocycles. The maximum absolute atomic E-state index is 12.2. The minimum Gasteiger partial charge on any atom is -0.491 e. The molecule has 0 saturated carbocycles. The van der Waals surface area contributed by atoms with Crippen LogP contribution in [0.1, 0.15) is 20.3 Å². The van der Waals surface area contributed by atoms with Crippen molar-refractivity contribution < 1.29 is 19.4 Å². The highest BCUT2D eigenvalue weighted by Crippen LogP contribution is 2.17. The summed E-state index contributed by atoms with van der Waals surface area (Å²) in [5.74, 6) is 0.555. The Balaban J connectivity index is 1.84. The molecule has 6 nitrogen and oxygen atoms in total. The molecule has 1 aliphatic heterocycles. The zero-order chi connectivity index (χ0) is 17.0. The van der Waals surface area contributed by atoms with E-state index in [-0.39, 0.29) is 19.1 Å². The summed E-state index contributed by atoms with van der Waals surface area (Å²) in [6.07, 6.45) is -0.378. The monoisotopic (exact) mass is 340 g/mol. The molecule has 2 N–H and O–H groups in total. The quantitative estimate of drug-likeness (QED) is 0.744. The zero-order valence-electron chi connectivity index (χ0n) is 13.2. The number of hydrogen-bond acceptors (Lipinski definition) is 4. The van der Waals surface area contributed by atoms with Crippen LogP contribution in [-0.4, -0.2) is 47.2 Å². The topological polar surface area (TPSA) is 78.9 Å². The van der Waals surface area contributed by atoms with Gasteiger partial charge in [0.15, 0.2) is 0 Å². The molecule has 0 radical (unpaired) electrons. The number of amides is 3. The van der Waals surface area contributed by atoms with Crippen molar-refractivity contribution in [3.8, 4) is 5.75 Å². The van der Waals surface area contributed by atoms with Gasteiger partial charge < -0.3 is 15.2 Å². The predicted octanol–water partition coefficient (Wildman–Crippen LogP) is 2.05. The molecule has 2 atom stereocenters. The molecule has 0 spiro atoms. The number of rotatable bonds is 7. The SMILES string of the molecule is CC(C)C[C@@H]1NC(=O)N(C[C@H](O)COc2ccc(Cl)cc2)C1=O. The van der Waals surface area contributed by atoms with Gasteiger partial charge in [-0.2, -0.15) is 0 Å². The molecule has 0 aromatic heterocycles. The fourth-order valence-electron chi connectivity index (χ4n) is 2.37. The Kier molecular flexibility index (Phi) is 5.85. The Morgan fingerprint density at radius 1 is 1.30 bits per heavy atom. The average molecular weight is 341 g/mol. The molecular weight excluding hydrogens is 320 g/mol. The number of carbonyl (C=O) groups is 2. The van der Waals surface area contributed by atoms with Crippen LogP contribution in [0.15, 0.2) is 24.3 Å². The Morgan fingerprint density at radius 2 is 1.96 bits per heavy atom. The van der Waals surface area contributed by atoms with Crippen LogP contribution in [0.25, 0.3) is 0 Å². The summed E-state index contributed by atoms with van der Waals surface area (Å²) in [7, 11) is 0. The van der Waals surface area contributed by atoms with Gasteiger partial charge in [-0.25, -0.2) is 4.79 Å². The molecule has 1 aromatic rings. The van der Waals surface area contributed by atoms with Crippen molar-refractivity contribution in [2.45, 2.75) is 32.4 Å². The molecule has 1 fully saturated rings. The number of aliphatic hydroxyl groups is 1. The van der Waals surface area contributed by atoms with Crippen LogP contribution in [0.3, 0.4) is 0 Å². The second-order valence-electron chi connectivity index (χ2n) is 6.00. The summed E-state index contributed by atoms with van der Waals surface area (Å²) in [5, 5.41) is 13.2. The molecule has 1 heterocycles. The van der Waals surface area contributed by atoms with Crippen LogP contribution >= 0.6 is 11.6 Å². The third kappa shape index (κ3) is 4.84. The van der Waals surface area contributed by atoms with E-state index in [4.69, 9.17) is 16.3 Å². The van der Waals surface area contributed by atoms with Crippen LogP contribution in [-0.2, 0) is 4.79 Å². The Morgan fingerprint density at radius 3 is 2.57 bits per heavy atom. The first-order chi connectivity index (χ1) is 10.9. The van der Waals surface area contributed by atoms with Gasteiger partial charge in [-0.05, 0) is 36.6 Å². The van der Waals surface area contributed by atoms with Gasteiger partial charge >= 0.3 is 6.03 Å². The van der Waals surface area contributed by atoms with E-state index in [1.54, 1.807) is 24.3 Å². The van der Waals surface area contributed by atoms with Gasteiger partial charge in [0.2, 0.25) is 0 Å². The molecule has 126 valence electrons. The summed E-state index contributed by atoms with van der Waals surface area (Å²) in [5.41, 5.74) is 0. The largest absolute Gasteiger partial charge is 0.491 e. The lowest BCUT2D eigenvalue weighted by molar-refractivity contribution is -0.128. The van der Waals surface area contributed by atoms with Gasteiger partial charge in [-0.3, -0.25) is 9.69 Å². The third-order valence-corrected chi connectivity index (χ3v) is 3.72. The summed E-state index contributed by atoms with van der Waals surface area (Å²) in [6.45, 7) is 3.86. The maximum atomic E-state index is 12.2. The standard InChI is InChI=1S/C16H21ClN2O4/c1-10(2)7-14-15(21)19(16(22)18-14)8-12(20)9-23-13-5-3-11(17)4-6-13/h3-6,10,12,14,20H,7-9H2,1-2H3,(H,18,22)/t12-,14-/m0/s1. The van der Waals surface area contributed by atoms with E-state index >= 15 is 0 Å². The lowest BCUT2D eigenvalue weighted by atomic mass is 10.0. The van der Waals surface area contributed by atoms with Gasteiger partial charge in [-0.1, -0.05) is 25.4 Å². The molecule has 0 aliphatic carbocycles. The van der Waals surface area contributed by atoms with Crippen molar-refractivity contribution in [2.24, 2.45) is 5.92 Å². The molecule has 3 amide bonds. The minimum absolute atomic E-state index is 0.0203. The van der Waals surface area contributed by atoms with E-state index in [0.29, 0.717) is 23.1 Å². The second kappa shape index (κ2) is 7.66. The summed E-state index contributed by atoms with van der Waals surface area (Å²) >= 11 is 5.78. The van der Waals surface area contributed by atoms with E-state index in [1.807, 2.05) is 13.8 Å². The van der Waals surface area contributed by atoms with E-state index in [0.717, 1.165) is 4.90 Å². The number of β-amino-alcohol motifs (C(OH)–C–C–N with tert-alkyl or cyclic N) is 1. The Labute approximate surface area is 140 Å². The van der Waals surface area contributed by atoms with Crippen molar-refractivity contribution in [3.63, 3.8) is 0 Å². The summed E-state index contributed by atoms with van der Waals surface area (Å²) < 4.78 is 5.42. The number of imide groups is 1. The van der Waals surface area contributed by atoms with Gasteiger partial charge in [0.1, 0.15) is 24.5 Å². The Hall–Kier alpha value is -1.79. The van der Waals surface area contributed by atoms with Crippen molar-refractivity contribution >= 4 is 23.5 Å². The normalized spacial score (nSPS) is 19.2. The number of ether oxygens (including phenoxy) is 1. The lowest BCUT2D eigenvalue weighted by Gasteiger charge is -2.18. The highest BCUT2D eigenvalue weighted by Gasteiger charge is 2.38. The Bertz CT molecular complexity index is 562. The van der Waals surface area contributed by atoms with Crippen molar-refractivity contribution in [2.75, 3.05) is 13.2 Å². The number of hydrogen-bond donors (Lipinski definition) is 2. The summed E-state index contributed by atoms with van der Waals surface area (Å²) in [4.78, 5) is 25.1. The van der Waals surface area contributed by atoms with Crippen LogP contribution in [0, 0.1) is 5.92 Å². The van der Waals surface area contributed by atoms with Crippen LogP contribution in [0.4, 0.5) is 4.79 Å². The molecule has 23 heavy (non-hydrogen) atoms. The van der Waals surface area contributed by atoms with Crippen LogP contribution in [0.2, 0.25) is 5.02 Å². The first-order valence-electron chi connectivity index (χ1n) is 7.55. The number of nitrogens with zero attached hydrogens (tertiary/aromatic N) is 1. The maximum Gasteiger partial charge on any atom is 0.324 e. The first kappa shape index (κ1) is 17.6. The van der Waals surface area contributed by atoms with E-state index in [9.17, 15) is 14.7 Å². The summed E-state index contributed by atoms with van der Waals surface area (Å²) in [6, 6.07) is 5.75. The number of nitrogens with one attached hydrogen (secondary N) is 1. The van der Waals surface area contributed by atoms with E-state index < -0.39 is 18.2 Å². The number of benzene rings is 1. The molecule has 1 aromatic carbocycles. The zero-order valence-corrected chi connectivity index (χ0v) is 13.9. The number of aliphatic hydroxyl groups excluding tert-OH is 1. The van der Waals surface area contributed by atoms with Gasteiger partial charge in [-0.15, -0.1) is 0 Å². The van der Waals surface area contributed by atoms with Crippen molar-refractivity contribution in [1.82, 2.24) is 10.2 Å². The minimum atomic E-state index is -0.960. The first-order valence-corrected chi connectivity index (χ1v) is 7.93. The van der Waals surface area contributed by atoms with Gasteiger partial charge in [0, 0.05) is 5.02 Å². The molecule has 2 rings (SSSR count).